The average Bonchev–Trinajstić information content (AvgIpc) is 3.06. The van der Waals surface area contributed by atoms with E-state index in [9.17, 15) is 4.79 Å². The fraction of sp³-hybridized carbons (Fsp3) is 0.273. The number of aromatic nitrogens is 2. The van der Waals surface area contributed by atoms with Crippen molar-refractivity contribution in [3.63, 3.8) is 0 Å². The maximum Gasteiger partial charge on any atom is 0.253 e. The lowest BCUT2D eigenvalue weighted by atomic mass is 9.93. The lowest BCUT2D eigenvalue weighted by molar-refractivity contribution is -0.127. The summed E-state index contributed by atoms with van der Waals surface area (Å²) in [5, 5.41) is 3.98. The molecular formula is C22H23ClN4O. The van der Waals surface area contributed by atoms with Crippen molar-refractivity contribution in [1.29, 1.82) is 0 Å². The Labute approximate surface area is 169 Å². The van der Waals surface area contributed by atoms with Gasteiger partial charge in [0.2, 0.25) is 5.95 Å². The number of benzene rings is 2. The van der Waals surface area contributed by atoms with Gasteiger partial charge in [0.15, 0.2) is 0 Å². The summed E-state index contributed by atoms with van der Waals surface area (Å²) in [6.07, 6.45) is 0. The third kappa shape index (κ3) is 2.87. The van der Waals surface area contributed by atoms with E-state index in [1.807, 2.05) is 74.2 Å². The van der Waals surface area contributed by atoms with Crippen molar-refractivity contribution in [2.24, 2.45) is 0 Å². The van der Waals surface area contributed by atoms with E-state index >= 15 is 0 Å². The molecule has 1 amide bonds. The second-order valence-corrected chi connectivity index (χ2v) is 7.27. The number of nitrogens with one attached hydrogen (secondary N) is 1. The highest BCUT2D eigenvalue weighted by atomic mass is 35.5. The van der Waals surface area contributed by atoms with Crippen LogP contribution in [0.3, 0.4) is 0 Å². The summed E-state index contributed by atoms with van der Waals surface area (Å²) in [7, 11) is 0. The fourth-order valence-electron chi connectivity index (χ4n) is 3.91. The van der Waals surface area contributed by atoms with Gasteiger partial charge >= 0.3 is 0 Å². The number of likely N-dealkylation sites (N-methyl/N-ethyl adjacent to an activating group) is 1. The molecule has 2 heterocycles. The Bertz CT molecular complexity index is 1080. The van der Waals surface area contributed by atoms with E-state index in [1.54, 1.807) is 0 Å². The molecule has 6 heteroatoms. The van der Waals surface area contributed by atoms with Crippen molar-refractivity contribution >= 4 is 34.5 Å². The first-order valence-electron chi connectivity index (χ1n) is 9.55. The number of hydrogen-bond acceptors (Lipinski definition) is 3. The highest BCUT2D eigenvalue weighted by molar-refractivity contribution is 6.31. The number of rotatable bonds is 4. The topological polar surface area (TPSA) is 50.2 Å². The van der Waals surface area contributed by atoms with Crippen LogP contribution in [0.2, 0.25) is 5.02 Å². The summed E-state index contributed by atoms with van der Waals surface area (Å²) in [6.45, 7) is 7.23. The number of para-hydroxylation sites is 2. The van der Waals surface area contributed by atoms with Gasteiger partial charge in [-0.1, -0.05) is 41.9 Å². The van der Waals surface area contributed by atoms with Crippen molar-refractivity contribution < 1.29 is 4.79 Å². The summed E-state index contributed by atoms with van der Waals surface area (Å²) in [5.41, 5.74) is 4.25. The number of fused-ring (bicyclic) bond motifs is 3. The third-order valence-corrected chi connectivity index (χ3v) is 5.66. The molecule has 0 bridgehead atoms. The lowest BCUT2D eigenvalue weighted by Gasteiger charge is -2.33. The Balaban J connectivity index is 2.00. The van der Waals surface area contributed by atoms with E-state index in [0.717, 1.165) is 28.2 Å². The van der Waals surface area contributed by atoms with E-state index in [-0.39, 0.29) is 11.9 Å². The predicted octanol–water partition coefficient (Wildman–Crippen LogP) is 4.85. The molecule has 1 N–H and O–H groups in total. The van der Waals surface area contributed by atoms with Crippen molar-refractivity contribution in [2.45, 2.75) is 26.8 Å². The largest absolute Gasteiger partial charge is 0.339 e. The Morgan fingerprint density at radius 3 is 2.54 bits per heavy atom. The molecule has 0 saturated heterocycles. The molecule has 3 aromatic rings. The van der Waals surface area contributed by atoms with Crippen LogP contribution < -0.4 is 5.32 Å². The molecule has 0 fully saturated rings. The van der Waals surface area contributed by atoms with E-state index in [0.29, 0.717) is 23.7 Å². The number of nitrogens with zero attached hydrogens (tertiary/aromatic N) is 3. The van der Waals surface area contributed by atoms with Gasteiger partial charge in [0.05, 0.1) is 22.6 Å². The van der Waals surface area contributed by atoms with Gasteiger partial charge < -0.3 is 10.2 Å². The Morgan fingerprint density at radius 1 is 1.14 bits per heavy atom. The predicted molar refractivity (Wildman–Crippen MR) is 114 cm³/mol. The molecule has 1 aliphatic rings. The second-order valence-electron chi connectivity index (χ2n) is 6.86. The van der Waals surface area contributed by atoms with Crippen molar-refractivity contribution in [2.75, 3.05) is 18.4 Å². The Morgan fingerprint density at radius 2 is 1.82 bits per heavy atom. The molecule has 0 radical (unpaired) electrons. The molecule has 1 aromatic heterocycles. The molecule has 2 aromatic carbocycles. The molecule has 144 valence electrons. The summed E-state index contributed by atoms with van der Waals surface area (Å²) >= 11 is 6.61. The molecule has 4 rings (SSSR count). The summed E-state index contributed by atoms with van der Waals surface area (Å²) in [5.74, 6) is 0.739. The van der Waals surface area contributed by atoms with Crippen LogP contribution in [0.5, 0.6) is 0 Å². The van der Waals surface area contributed by atoms with E-state index in [4.69, 9.17) is 16.6 Å². The van der Waals surface area contributed by atoms with Crippen LogP contribution in [0.15, 0.2) is 59.8 Å². The summed E-state index contributed by atoms with van der Waals surface area (Å²) in [6, 6.07) is 15.3. The van der Waals surface area contributed by atoms with Gasteiger partial charge in [0.25, 0.3) is 5.91 Å². The summed E-state index contributed by atoms with van der Waals surface area (Å²) in [4.78, 5) is 20.1. The minimum atomic E-state index is -0.342. The van der Waals surface area contributed by atoms with Crippen LogP contribution in [0.25, 0.3) is 11.0 Å². The minimum Gasteiger partial charge on any atom is -0.339 e. The first kappa shape index (κ1) is 18.6. The maximum atomic E-state index is 13.5. The normalized spacial score (nSPS) is 16.1. The van der Waals surface area contributed by atoms with Crippen molar-refractivity contribution in [3.05, 3.63) is 70.4 Å². The molecule has 1 unspecified atom stereocenters. The van der Waals surface area contributed by atoms with Gasteiger partial charge in [-0.05, 0) is 44.5 Å². The molecule has 0 spiro atoms. The SMILES string of the molecule is CCN(CC)C(=O)C1=C(C)Nc2nc3ccccc3n2C1c1ccccc1Cl. The van der Waals surface area contributed by atoms with Crippen LogP contribution in [-0.4, -0.2) is 33.4 Å². The molecular weight excluding hydrogens is 372 g/mol. The number of imidazole rings is 1. The van der Waals surface area contributed by atoms with E-state index in [1.165, 1.54) is 0 Å². The number of anilines is 1. The standard InChI is InChI=1S/C22H23ClN4O/c1-4-26(5-2)21(28)19-14(3)24-22-25-17-12-8-9-13-18(17)27(22)20(19)15-10-6-7-11-16(15)23/h6-13,20H,4-5H2,1-3H3,(H,24,25). The number of carbonyl (C=O) groups excluding carboxylic acids is 1. The third-order valence-electron chi connectivity index (χ3n) is 5.31. The number of hydrogen-bond donors (Lipinski definition) is 1. The fourth-order valence-corrected chi connectivity index (χ4v) is 4.15. The molecule has 1 atom stereocenters. The number of amides is 1. The average molecular weight is 395 g/mol. The van der Waals surface area contributed by atoms with Gasteiger partial charge in [-0.2, -0.15) is 0 Å². The van der Waals surface area contributed by atoms with Crippen LogP contribution in [-0.2, 0) is 4.79 Å². The van der Waals surface area contributed by atoms with Crippen LogP contribution in [0.4, 0.5) is 5.95 Å². The van der Waals surface area contributed by atoms with Gasteiger partial charge in [-0.25, -0.2) is 4.98 Å². The van der Waals surface area contributed by atoms with Gasteiger partial charge in [-0.15, -0.1) is 0 Å². The van der Waals surface area contributed by atoms with E-state index < -0.39 is 0 Å². The first-order valence-corrected chi connectivity index (χ1v) is 9.93. The highest BCUT2D eigenvalue weighted by Gasteiger charge is 2.36. The Kier molecular flexibility index (Phi) is 4.85. The van der Waals surface area contributed by atoms with Crippen LogP contribution in [0.1, 0.15) is 32.4 Å². The zero-order valence-corrected chi connectivity index (χ0v) is 17.0. The molecule has 0 saturated carbocycles. The number of halogens is 1. The van der Waals surface area contributed by atoms with E-state index in [2.05, 4.69) is 9.88 Å². The minimum absolute atomic E-state index is 0.0170. The van der Waals surface area contributed by atoms with Crippen molar-refractivity contribution in [3.8, 4) is 0 Å². The zero-order chi connectivity index (χ0) is 19.8. The molecule has 5 nitrogen and oxygen atoms in total. The summed E-state index contributed by atoms with van der Waals surface area (Å²) < 4.78 is 2.08. The van der Waals surface area contributed by atoms with Crippen LogP contribution in [0, 0.1) is 0 Å². The monoisotopic (exact) mass is 394 g/mol. The smallest absolute Gasteiger partial charge is 0.253 e. The first-order chi connectivity index (χ1) is 13.6. The van der Waals surface area contributed by atoms with Crippen molar-refractivity contribution in [1.82, 2.24) is 14.5 Å². The van der Waals surface area contributed by atoms with Gasteiger partial charge in [0, 0.05) is 23.8 Å². The van der Waals surface area contributed by atoms with Gasteiger partial charge in [-0.3, -0.25) is 9.36 Å². The Hall–Kier alpha value is -2.79. The van der Waals surface area contributed by atoms with Crippen LogP contribution >= 0.6 is 11.6 Å². The number of carbonyl (C=O) groups is 1. The second kappa shape index (κ2) is 7.32. The number of allylic oxidation sites excluding steroid dienone is 1. The lowest BCUT2D eigenvalue weighted by Crippen LogP contribution is -2.38. The molecule has 1 aliphatic heterocycles. The molecule has 0 aliphatic carbocycles. The maximum absolute atomic E-state index is 13.5. The highest BCUT2D eigenvalue weighted by Crippen LogP contribution is 2.41. The zero-order valence-electron chi connectivity index (χ0n) is 16.2. The molecule has 28 heavy (non-hydrogen) atoms. The quantitative estimate of drug-likeness (QED) is 0.688. The van der Waals surface area contributed by atoms with Gasteiger partial charge in [0.1, 0.15) is 0 Å².